The minimum Gasteiger partial charge on any atom is -0.507 e. The summed E-state index contributed by atoms with van der Waals surface area (Å²) in [5, 5.41) is 10.2. The van der Waals surface area contributed by atoms with Crippen LogP contribution in [0.15, 0.2) is 36.4 Å². The maximum Gasteiger partial charge on any atom is 0.144 e. The smallest absolute Gasteiger partial charge is 0.144 e. The predicted octanol–water partition coefficient (Wildman–Crippen LogP) is 3.26. The second kappa shape index (κ2) is 4.56. The number of aromatic hydroxyl groups is 1. The average Bonchev–Trinajstić information content (AvgIpc) is 2.78. The fourth-order valence-electron chi connectivity index (χ4n) is 2.39. The van der Waals surface area contributed by atoms with Gasteiger partial charge in [0.1, 0.15) is 17.3 Å². The third kappa shape index (κ3) is 1.81. The molecule has 0 aliphatic rings. The molecule has 3 aromatic rings. The Kier molecular flexibility index (Phi) is 2.86. The van der Waals surface area contributed by atoms with Crippen LogP contribution in [0.3, 0.4) is 0 Å². The number of para-hydroxylation sites is 1. The molecule has 20 heavy (non-hydrogen) atoms. The minimum absolute atomic E-state index is 0.276. The van der Waals surface area contributed by atoms with Gasteiger partial charge in [0, 0.05) is 13.1 Å². The first kappa shape index (κ1) is 12.5. The van der Waals surface area contributed by atoms with E-state index >= 15 is 0 Å². The first-order chi connectivity index (χ1) is 9.61. The Morgan fingerprint density at radius 2 is 2.00 bits per heavy atom. The van der Waals surface area contributed by atoms with E-state index in [-0.39, 0.29) is 5.75 Å². The van der Waals surface area contributed by atoms with Crippen LogP contribution in [0.25, 0.3) is 22.4 Å². The molecular formula is C16H16N2O2. The monoisotopic (exact) mass is 268 g/mol. The van der Waals surface area contributed by atoms with Gasteiger partial charge in [0.2, 0.25) is 0 Å². The Morgan fingerprint density at radius 3 is 2.75 bits per heavy atom. The Morgan fingerprint density at radius 1 is 1.20 bits per heavy atom. The molecule has 0 spiro atoms. The topological polar surface area (TPSA) is 47.3 Å². The van der Waals surface area contributed by atoms with Crippen LogP contribution >= 0.6 is 0 Å². The zero-order chi connectivity index (χ0) is 14.3. The molecule has 0 atom stereocenters. The summed E-state index contributed by atoms with van der Waals surface area (Å²) in [4.78, 5) is 4.62. The van der Waals surface area contributed by atoms with Crippen LogP contribution in [0, 0.1) is 6.92 Å². The van der Waals surface area contributed by atoms with Crippen molar-refractivity contribution in [3.63, 3.8) is 0 Å². The van der Waals surface area contributed by atoms with Crippen LogP contribution in [0.4, 0.5) is 0 Å². The lowest BCUT2D eigenvalue weighted by atomic mass is 10.1. The summed E-state index contributed by atoms with van der Waals surface area (Å²) in [6, 6.07) is 11.4. The molecule has 3 rings (SSSR count). The van der Waals surface area contributed by atoms with Gasteiger partial charge in [-0.3, -0.25) is 0 Å². The number of phenolic OH excluding ortho intramolecular Hbond substituents is 1. The van der Waals surface area contributed by atoms with Crippen LogP contribution in [0.5, 0.6) is 11.5 Å². The number of ether oxygens (including phenoxy) is 1. The van der Waals surface area contributed by atoms with Gasteiger partial charge in [-0.15, -0.1) is 0 Å². The second-order valence-corrected chi connectivity index (χ2v) is 4.82. The number of aryl methyl sites for hydroxylation is 2. The summed E-state index contributed by atoms with van der Waals surface area (Å²) >= 11 is 0. The van der Waals surface area contributed by atoms with E-state index in [2.05, 4.69) is 4.98 Å². The van der Waals surface area contributed by atoms with Crippen LogP contribution in [-0.2, 0) is 7.05 Å². The van der Waals surface area contributed by atoms with Crippen LogP contribution in [-0.4, -0.2) is 21.8 Å². The molecule has 2 aromatic carbocycles. The average molecular weight is 268 g/mol. The summed E-state index contributed by atoms with van der Waals surface area (Å²) in [5.74, 6) is 1.79. The third-order valence-corrected chi connectivity index (χ3v) is 3.57. The molecule has 0 saturated heterocycles. The third-order valence-electron chi connectivity index (χ3n) is 3.57. The molecule has 1 aromatic heterocycles. The van der Waals surface area contributed by atoms with Gasteiger partial charge in [0.05, 0.1) is 23.7 Å². The van der Waals surface area contributed by atoms with E-state index in [1.165, 1.54) is 0 Å². The van der Waals surface area contributed by atoms with E-state index < -0.39 is 0 Å². The lowest BCUT2D eigenvalue weighted by Gasteiger charge is -2.07. The predicted molar refractivity (Wildman–Crippen MR) is 79.1 cm³/mol. The minimum atomic E-state index is 0.276. The molecule has 0 aliphatic heterocycles. The summed E-state index contributed by atoms with van der Waals surface area (Å²) in [6.45, 7) is 1.88. The van der Waals surface area contributed by atoms with Crippen molar-refractivity contribution in [3.05, 3.63) is 42.0 Å². The van der Waals surface area contributed by atoms with Crippen molar-refractivity contribution in [1.29, 1.82) is 0 Å². The molecule has 4 nitrogen and oxygen atoms in total. The number of hydrogen-bond donors (Lipinski definition) is 1. The number of fused-ring (bicyclic) bond motifs is 1. The standard InChI is InChI=1S/C16H16N2O2/c1-10-5-4-6-12(15(10)19)16-17-13-9-11(20-3)7-8-14(13)18(16)2/h4-9,19H,1-3H3. The number of nitrogens with zero attached hydrogens (tertiary/aromatic N) is 2. The van der Waals surface area contributed by atoms with E-state index in [1.807, 2.05) is 54.9 Å². The number of rotatable bonds is 2. The number of imidazole rings is 1. The molecular weight excluding hydrogens is 252 g/mol. The fourth-order valence-corrected chi connectivity index (χ4v) is 2.39. The van der Waals surface area contributed by atoms with Crippen molar-refractivity contribution >= 4 is 11.0 Å². The molecule has 1 N–H and O–H groups in total. The largest absolute Gasteiger partial charge is 0.507 e. The number of hydrogen-bond acceptors (Lipinski definition) is 3. The van der Waals surface area contributed by atoms with Gasteiger partial charge in [0.25, 0.3) is 0 Å². The van der Waals surface area contributed by atoms with Crippen LogP contribution in [0.1, 0.15) is 5.56 Å². The Balaban J connectivity index is 2.26. The van der Waals surface area contributed by atoms with Crippen molar-refractivity contribution in [3.8, 4) is 22.9 Å². The summed E-state index contributed by atoms with van der Waals surface area (Å²) in [7, 11) is 3.58. The molecule has 0 bridgehead atoms. The highest BCUT2D eigenvalue weighted by atomic mass is 16.5. The zero-order valence-electron chi connectivity index (χ0n) is 11.7. The fraction of sp³-hybridized carbons (Fsp3) is 0.188. The van der Waals surface area contributed by atoms with Gasteiger partial charge in [-0.2, -0.15) is 0 Å². The quantitative estimate of drug-likeness (QED) is 0.776. The highest BCUT2D eigenvalue weighted by Crippen LogP contribution is 2.33. The van der Waals surface area contributed by atoms with E-state index in [9.17, 15) is 5.11 Å². The number of aromatic nitrogens is 2. The molecule has 0 aliphatic carbocycles. The molecule has 0 amide bonds. The normalized spacial score (nSPS) is 10.9. The maximum atomic E-state index is 10.2. The molecule has 0 saturated carbocycles. The molecule has 0 fully saturated rings. The number of methoxy groups -OCH3 is 1. The lowest BCUT2D eigenvalue weighted by molar-refractivity contribution is 0.415. The van der Waals surface area contributed by atoms with Crippen molar-refractivity contribution < 1.29 is 9.84 Å². The van der Waals surface area contributed by atoms with Crippen LogP contribution < -0.4 is 4.74 Å². The zero-order valence-corrected chi connectivity index (χ0v) is 11.7. The highest BCUT2D eigenvalue weighted by Gasteiger charge is 2.14. The van der Waals surface area contributed by atoms with Crippen molar-refractivity contribution in [2.24, 2.45) is 7.05 Å². The summed E-state index contributed by atoms with van der Waals surface area (Å²) < 4.78 is 7.20. The highest BCUT2D eigenvalue weighted by molar-refractivity contribution is 5.83. The van der Waals surface area contributed by atoms with Gasteiger partial charge in [-0.25, -0.2) is 4.98 Å². The Labute approximate surface area is 117 Å². The van der Waals surface area contributed by atoms with E-state index in [0.717, 1.165) is 33.7 Å². The SMILES string of the molecule is COc1ccc2c(c1)nc(-c1cccc(C)c1O)n2C. The number of phenols is 1. The summed E-state index contributed by atoms with van der Waals surface area (Å²) in [5.41, 5.74) is 3.43. The Bertz CT molecular complexity index is 791. The van der Waals surface area contributed by atoms with Gasteiger partial charge in [0.15, 0.2) is 0 Å². The van der Waals surface area contributed by atoms with Gasteiger partial charge < -0.3 is 14.4 Å². The first-order valence-corrected chi connectivity index (χ1v) is 6.41. The van der Waals surface area contributed by atoms with Gasteiger partial charge in [-0.05, 0) is 30.7 Å². The van der Waals surface area contributed by atoms with E-state index in [1.54, 1.807) is 7.11 Å². The number of benzene rings is 2. The molecule has 1 heterocycles. The van der Waals surface area contributed by atoms with Crippen molar-refractivity contribution in [1.82, 2.24) is 9.55 Å². The van der Waals surface area contributed by atoms with Gasteiger partial charge >= 0.3 is 0 Å². The summed E-state index contributed by atoms with van der Waals surface area (Å²) in [6.07, 6.45) is 0. The maximum absolute atomic E-state index is 10.2. The first-order valence-electron chi connectivity index (χ1n) is 6.41. The molecule has 0 unspecified atom stereocenters. The molecule has 4 heteroatoms. The van der Waals surface area contributed by atoms with E-state index in [0.29, 0.717) is 0 Å². The Hall–Kier alpha value is -2.49. The lowest BCUT2D eigenvalue weighted by Crippen LogP contribution is -1.93. The van der Waals surface area contributed by atoms with Crippen LogP contribution in [0.2, 0.25) is 0 Å². The van der Waals surface area contributed by atoms with E-state index in [4.69, 9.17) is 4.74 Å². The second-order valence-electron chi connectivity index (χ2n) is 4.82. The van der Waals surface area contributed by atoms with Crippen molar-refractivity contribution in [2.45, 2.75) is 6.92 Å². The van der Waals surface area contributed by atoms with Crippen molar-refractivity contribution in [2.75, 3.05) is 7.11 Å². The molecule has 0 radical (unpaired) electrons. The van der Waals surface area contributed by atoms with Gasteiger partial charge in [-0.1, -0.05) is 12.1 Å². The molecule has 102 valence electrons.